The van der Waals surface area contributed by atoms with Crippen LogP contribution in [0.1, 0.15) is 5.56 Å². The Morgan fingerprint density at radius 3 is 2.37 bits per heavy atom. The molecule has 2 nitrogen and oxygen atoms in total. The molecule has 19 heavy (non-hydrogen) atoms. The molecule has 0 unspecified atom stereocenters. The van der Waals surface area contributed by atoms with Crippen molar-refractivity contribution in [2.75, 3.05) is 5.73 Å². The van der Waals surface area contributed by atoms with Gasteiger partial charge in [-0.05, 0) is 35.9 Å². The van der Waals surface area contributed by atoms with Gasteiger partial charge in [-0.25, -0.2) is 4.39 Å². The van der Waals surface area contributed by atoms with Crippen molar-refractivity contribution in [1.29, 1.82) is 0 Å². The lowest BCUT2D eigenvalue weighted by molar-refractivity contribution is 0.284. The van der Waals surface area contributed by atoms with E-state index in [1.54, 1.807) is 18.2 Å². The Bertz CT molecular complexity index is 600. The van der Waals surface area contributed by atoms with Gasteiger partial charge >= 0.3 is 0 Å². The molecule has 0 saturated heterocycles. The standard InChI is InChI=1S/C13H9Br2F2NO/c14-8-1-7(2-10(18)3-8)6-19-12-5-9(15)4-11(16)13(12)17/h1-5H,6,18H2. The van der Waals surface area contributed by atoms with Crippen LogP contribution in [-0.4, -0.2) is 0 Å². The SMILES string of the molecule is Nc1cc(Br)cc(COc2cc(Br)cc(F)c2F)c1. The van der Waals surface area contributed by atoms with Gasteiger partial charge < -0.3 is 10.5 Å². The summed E-state index contributed by atoms with van der Waals surface area (Å²) in [6.07, 6.45) is 0. The van der Waals surface area contributed by atoms with E-state index in [0.29, 0.717) is 10.2 Å². The molecule has 2 aromatic carbocycles. The number of nitrogens with two attached hydrogens (primary N) is 1. The Hall–Kier alpha value is -1.14. The lowest BCUT2D eigenvalue weighted by atomic mass is 10.2. The fourth-order valence-corrected chi connectivity index (χ4v) is 2.52. The van der Waals surface area contributed by atoms with Crippen molar-refractivity contribution in [2.45, 2.75) is 6.61 Å². The normalized spacial score (nSPS) is 10.5. The second-order valence-electron chi connectivity index (χ2n) is 3.88. The first-order valence-electron chi connectivity index (χ1n) is 5.28. The van der Waals surface area contributed by atoms with Gasteiger partial charge in [-0.1, -0.05) is 31.9 Å². The molecule has 0 aliphatic carbocycles. The molecule has 100 valence electrons. The Balaban J connectivity index is 2.19. The molecule has 0 amide bonds. The number of anilines is 1. The van der Waals surface area contributed by atoms with Gasteiger partial charge in [0.1, 0.15) is 6.61 Å². The van der Waals surface area contributed by atoms with E-state index in [2.05, 4.69) is 31.9 Å². The predicted octanol–water partition coefficient (Wildman–Crippen LogP) is 4.65. The zero-order chi connectivity index (χ0) is 14.0. The number of hydrogen-bond acceptors (Lipinski definition) is 2. The van der Waals surface area contributed by atoms with Gasteiger partial charge in [-0.3, -0.25) is 0 Å². The molecule has 2 rings (SSSR count). The van der Waals surface area contributed by atoms with E-state index in [1.807, 2.05) is 0 Å². The molecule has 2 N–H and O–H groups in total. The lowest BCUT2D eigenvalue weighted by Gasteiger charge is -2.09. The largest absolute Gasteiger partial charge is 0.486 e. The molecule has 6 heteroatoms. The average molecular weight is 393 g/mol. The molecule has 0 radical (unpaired) electrons. The van der Waals surface area contributed by atoms with Crippen LogP contribution in [0.2, 0.25) is 0 Å². The van der Waals surface area contributed by atoms with Crippen molar-refractivity contribution in [2.24, 2.45) is 0 Å². The molecule has 2 aromatic rings. The van der Waals surface area contributed by atoms with Crippen LogP contribution < -0.4 is 10.5 Å². The average Bonchev–Trinajstić information content (AvgIpc) is 2.30. The number of benzene rings is 2. The minimum atomic E-state index is -1.01. The molecule has 0 aliphatic heterocycles. The third-order valence-electron chi connectivity index (χ3n) is 2.33. The van der Waals surface area contributed by atoms with Crippen molar-refractivity contribution in [1.82, 2.24) is 0 Å². The molecule has 0 heterocycles. The van der Waals surface area contributed by atoms with Crippen LogP contribution in [0.15, 0.2) is 39.3 Å². The fraction of sp³-hybridized carbons (Fsp3) is 0.0769. The smallest absolute Gasteiger partial charge is 0.200 e. The summed E-state index contributed by atoms with van der Waals surface area (Å²) >= 11 is 6.38. The maximum absolute atomic E-state index is 13.5. The molecular formula is C13H9Br2F2NO. The fourth-order valence-electron chi connectivity index (χ4n) is 1.56. The number of ether oxygens (including phenoxy) is 1. The van der Waals surface area contributed by atoms with E-state index in [4.69, 9.17) is 10.5 Å². The number of halogens is 4. The monoisotopic (exact) mass is 391 g/mol. The van der Waals surface area contributed by atoms with Gasteiger partial charge in [0.25, 0.3) is 0 Å². The molecule has 0 fully saturated rings. The Labute approximate surface area is 125 Å². The second-order valence-corrected chi connectivity index (χ2v) is 5.71. The summed E-state index contributed by atoms with van der Waals surface area (Å²) in [6.45, 7) is 0.0937. The highest BCUT2D eigenvalue weighted by molar-refractivity contribution is 9.10. The Morgan fingerprint density at radius 1 is 1.00 bits per heavy atom. The van der Waals surface area contributed by atoms with E-state index in [-0.39, 0.29) is 12.4 Å². The van der Waals surface area contributed by atoms with Crippen LogP contribution >= 0.6 is 31.9 Å². The van der Waals surface area contributed by atoms with Crippen LogP contribution in [0.5, 0.6) is 5.75 Å². The van der Waals surface area contributed by atoms with Gasteiger partial charge in [0.2, 0.25) is 5.82 Å². The first-order chi connectivity index (χ1) is 8.95. The van der Waals surface area contributed by atoms with Crippen molar-refractivity contribution in [3.05, 3.63) is 56.5 Å². The van der Waals surface area contributed by atoms with Crippen molar-refractivity contribution >= 4 is 37.5 Å². The third-order valence-corrected chi connectivity index (χ3v) is 3.25. The highest BCUT2D eigenvalue weighted by Crippen LogP contribution is 2.26. The summed E-state index contributed by atoms with van der Waals surface area (Å²) in [5.74, 6) is -2.12. The summed E-state index contributed by atoms with van der Waals surface area (Å²) in [5, 5.41) is 0. The van der Waals surface area contributed by atoms with Gasteiger partial charge in [-0.15, -0.1) is 0 Å². The van der Waals surface area contributed by atoms with Crippen LogP contribution in [-0.2, 0) is 6.61 Å². The number of rotatable bonds is 3. The van der Waals surface area contributed by atoms with E-state index in [0.717, 1.165) is 16.1 Å². The van der Waals surface area contributed by atoms with Crippen molar-refractivity contribution in [3.63, 3.8) is 0 Å². The maximum Gasteiger partial charge on any atom is 0.200 e. The van der Waals surface area contributed by atoms with Gasteiger partial charge in [-0.2, -0.15) is 4.39 Å². The summed E-state index contributed by atoms with van der Waals surface area (Å²) in [7, 11) is 0. The first kappa shape index (κ1) is 14.3. The highest BCUT2D eigenvalue weighted by atomic mass is 79.9. The molecule has 0 aromatic heterocycles. The van der Waals surface area contributed by atoms with E-state index < -0.39 is 11.6 Å². The number of nitrogen functional groups attached to an aromatic ring is 1. The summed E-state index contributed by atoms with van der Waals surface area (Å²) < 4.78 is 33.2. The van der Waals surface area contributed by atoms with Crippen LogP contribution in [0.25, 0.3) is 0 Å². The summed E-state index contributed by atoms with van der Waals surface area (Å²) in [4.78, 5) is 0. The minimum Gasteiger partial charge on any atom is -0.486 e. The van der Waals surface area contributed by atoms with Gasteiger partial charge in [0.05, 0.1) is 0 Å². The van der Waals surface area contributed by atoms with Crippen LogP contribution in [0, 0.1) is 11.6 Å². The Kier molecular flexibility index (Phi) is 4.42. The molecular weight excluding hydrogens is 384 g/mol. The quantitative estimate of drug-likeness (QED) is 0.609. The van der Waals surface area contributed by atoms with Crippen LogP contribution in [0.3, 0.4) is 0 Å². The molecule has 0 spiro atoms. The third kappa shape index (κ3) is 3.67. The highest BCUT2D eigenvalue weighted by Gasteiger charge is 2.11. The zero-order valence-electron chi connectivity index (χ0n) is 9.59. The van der Waals surface area contributed by atoms with E-state index in [1.165, 1.54) is 6.07 Å². The van der Waals surface area contributed by atoms with Gasteiger partial charge in [0.15, 0.2) is 11.6 Å². The molecule has 0 atom stereocenters. The topological polar surface area (TPSA) is 35.2 Å². The Morgan fingerprint density at radius 2 is 1.68 bits per heavy atom. The zero-order valence-corrected chi connectivity index (χ0v) is 12.8. The summed E-state index contributed by atoms with van der Waals surface area (Å²) in [5.41, 5.74) is 7.00. The summed E-state index contributed by atoms with van der Waals surface area (Å²) in [6, 6.07) is 7.65. The second kappa shape index (κ2) is 5.88. The van der Waals surface area contributed by atoms with E-state index in [9.17, 15) is 8.78 Å². The first-order valence-corrected chi connectivity index (χ1v) is 6.86. The van der Waals surface area contributed by atoms with Crippen molar-refractivity contribution < 1.29 is 13.5 Å². The molecule has 0 aliphatic rings. The maximum atomic E-state index is 13.5. The van der Waals surface area contributed by atoms with Crippen molar-refractivity contribution in [3.8, 4) is 5.75 Å². The van der Waals surface area contributed by atoms with Gasteiger partial charge in [0, 0.05) is 14.6 Å². The van der Waals surface area contributed by atoms with E-state index >= 15 is 0 Å². The number of hydrogen-bond donors (Lipinski definition) is 1. The van der Waals surface area contributed by atoms with Crippen LogP contribution in [0.4, 0.5) is 14.5 Å². The predicted molar refractivity (Wildman–Crippen MR) is 76.9 cm³/mol. The minimum absolute atomic E-state index is 0.0937. The molecule has 0 bridgehead atoms. The molecule has 0 saturated carbocycles. The lowest BCUT2D eigenvalue weighted by Crippen LogP contribution is -2.00.